The number of hydrogen-bond donors (Lipinski definition) is 1. The lowest BCUT2D eigenvalue weighted by atomic mass is 10.3. The van der Waals surface area contributed by atoms with Crippen LogP contribution in [0.5, 0.6) is 0 Å². The third-order valence-electron chi connectivity index (χ3n) is 1.96. The lowest BCUT2D eigenvalue weighted by molar-refractivity contribution is 0.541. The zero-order valence-electron chi connectivity index (χ0n) is 7.12. The van der Waals surface area contributed by atoms with Gasteiger partial charge in [0.05, 0.1) is 18.1 Å². The van der Waals surface area contributed by atoms with Crippen LogP contribution in [0, 0.1) is 0 Å². The highest BCUT2D eigenvalue weighted by atomic mass is 15.4. The molecule has 0 atom stereocenters. The van der Waals surface area contributed by atoms with Crippen molar-refractivity contribution in [2.75, 3.05) is 0 Å². The van der Waals surface area contributed by atoms with Crippen LogP contribution in [0.4, 0.5) is 0 Å². The second kappa shape index (κ2) is 2.97. The summed E-state index contributed by atoms with van der Waals surface area (Å²) in [6, 6.07) is 0. The molecule has 0 saturated carbocycles. The van der Waals surface area contributed by atoms with E-state index < -0.39 is 0 Å². The standard InChI is InChI=1S/C8H12N4/c1-2-3-8-9-4-7-5-10-11-6-12(7)8/h4-5,11H,2-3,6H2,1H3. The molecule has 1 aliphatic rings. The van der Waals surface area contributed by atoms with E-state index >= 15 is 0 Å². The molecule has 1 aliphatic heterocycles. The molecule has 0 aliphatic carbocycles. The van der Waals surface area contributed by atoms with E-state index in [1.807, 2.05) is 6.20 Å². The fourth-order valence-corrected chi connectivity index (χ4v) is 1.36. The molecule has 1 aromatic heterocycles. The summed E-state index contributed by atoms with van der Waals surface area (Å²) in [6.07, 6.45) is 5.84. The Hall–Kier alpha value is -1.32. The van der Waals surface area contributed by atoms with E-state index in [0.717, 1.165) is 31.0 Å². The molecule has 0 unspecified atom stereocenters. The van der Waals surface area contributed by atoms with Gasteiger partial charge in [-0.15, -0.1) is 0 Å². The maximum atomic E-state index is 4.32. The number of aryl methyl sites for hydroxylation is 1. The van der Waals surface area contributed by atoms with Gasteiger partial charge in [-0.05, 0) is 6.42 Å². The van der Waals surface area contributed by atoms with Crippen molar-refractivity contribution in [1.82, 2.24) is 15.0 Å². The molecule has 2 heterocycles. The summed E-state index contributed by atoms with van der Waals surface area (Å²) in [5.41, 5.74) is 4.01. The van der Waals surface area contributed by atoms with Crippen LogP contribution in [0.15, 0.2) is 11.3 Å². The first-order chi connectivity index (χ1) is 5.92. The van der Waals surface area contributed by atoms with Crippen LogP contribution in [0.3, 0.4) is 0 Å². The molecular weight excluding hydrogens is 152 g/mol. The molecule has 0 amide bonds. The van der Waals surface area contributed by atoms with Crippen molar-refractivity contribution < 1.29 is 0 Å². The van der Waals surface area contributed by atoms with Crippen LogP contribution in [0.2, 0.25) is 0 Å². The summed E-state index contributed by atoms with van der Waals surface area (Å²) in [5, 5.41) is 3.96. The molecular formula is C8H12N4. The fraction of sp³-hybridized carbons (Fsp3) is 0.500. The molecule has 2 rings (SSSR count). The number of hydrazone groups is 1. The highest BCUT2D eigenvalue weighted by Crippen LogP contribution is 2.07. The molecule has 64 valence electrons. The Balaban J connectivity index is 2.33. The van der Waals surface area contributed by atoms with Crippen molar-refractivity contribution in [2.45, 2.75) is 26.4 Å². The average molecular weight is 164 g/mol. The first-order valence-electron chi connectivity index (χ1n) is 4.22. The molecule has 1 aromatic rings. The second-order valence-electron chi connectivity index (χ2n) is 2.85. The molecule has 12 heavy (non-hydrogen) atoms. The number of imidazole rings is 1. The Morgan fingerprint density at radius 1 is 1.67 bits per heavy atom. The Kier molecular flexibility index (Phi) is 1.81. The monoisotopic (exact) mass is 164 g/mol. The van der Waals surface area contributed by atoms with Crippen LogP contribution < -0.4 is 5.43 Å². The number of hydrogen-bond acceptors (Lipinski definition) is 3. The minimum atomic E-state index is 0.751. The van der Waals surface area contributed by atoms with Gasteiger partial charge in [0, 0.05) is 6.42 Å². The normalized spacial score (nSPS) is 14.1. The van der Waals surface area contributed by atoms with Crippen molar-refractivity contribution in [3.05, 3.63) is 17.7 Å². The number of nitrogens with one attached hydrogen (secondary N) is 1. The predicted octanol–water partition coefficient (Wildman–Crippen LogP) is 0.730. The van der Waals surface area contributed by atoms with E-state index in [4.69, 9.17) is 0 Å². The van der Waals surface area contributed by atoms with Gasteiger partial charge in [-0.1, -0.05) is 6.92 Å². The van der Waals surface area contributed by atoms with Gasteiger partial charge < -0.3 is 4.57 Å². The largest absolute Gasteiger partial charge is 0.307 e. The number of nitrogens with zero attached hydrogens (tertiary/aromatic N) is 3. The van der Waals surface area contributed by atoms with E-state index in [0.29, 0.717) is 0 Å². The van der Waals surface area contributed by atoms with Gasteiger partial charge >= 0.3 is 0 Å². The Bertz CT molecular complexity index is 300. The van der Waals surface area contributed by atoms with Gasteiger partial charge in [0.15, 0.2) is 0 Å². The zero-order valence-corrected chi connectivity index (χ0v) is 7.12. The highest BCUT2D eigenvalue weighted by molar-refractivity contribution is 5.77. The summed E-state index contributed by atoms with van der Waals surface area (Å²) in [4.78, 5) is 4.32. The average Bonchev–Trinajstić information content (AvgIpc) is 2.50. The third kappa shape index (κ3) is 1.09. The number of fused-ring (bicyclic) bond motifs is 1. The second-order valence-corrected chi connectivity index (χ2v) is 2.85. The molecule has 0 fully saturated rings. The van der Waals surface area contributed by atoms with E-state index in [2.05, 4.69) is 27.0 Å². The molecule has 0 bridgehead atoms. The van der Waals surface area contributed by atoms with Crippen LogP contribution in [0.1, 0.15) is 24.9 Å². The smallest absolute Gasteiger partial charge is 0.110 e. The van der Waals surface area contributed by atoms with Gasteiger partial charge in [0.2, 0.25) is 0 Å². The molecule has 4 nitrogen and oxygen atoms in total. The van der Waals surface area contributed by atoms with E-state index in [-0.39, 0.29) is 0 Å². The van der Waals surface area contributed by atoms with E-state index in [1.54, 1.807) is 6.21 Å². The maximum absolute atomic E-state index is 4.32. The van der Waals surface area contributed by atoms with Crippen LogP contribution in [-0.4, -0.2) is 15.8 Å². The van der Waals surface area contributed by atoms with Gasteiger partial charge in [0.25, 0.3) is 0 Å². The van der Waals surface area contributed by atoms with E-state index in [1.165, 1.54) is 0 Å². The minimum Gasteiger partial charge on any atom is -0.307 e. The summed E-state index contributed by atoms with van der Waals surface area (Å²) in [5.74, 6) is 1.14. The van der Waals surface area contributed by atoms with Crippen molar-refractivity contribution in [3.8, 4) is 0 Å². The van der Waals surface area contributed by atoms with Gasteiger partial charge in [0.1, 0.15) is 12.5 Å². The fourth-order valence-electron chi connectivity index (χ4n) is 1.36. The van der Waals surface area contributed by atoms with E-state index in [9.17, 15) is 0 Å². The minimum absolute atomic E-state index is 0.751. The van der Waals surface area contributed by atoms with Crippen molar-refractivity contribution in [2.24, 2.45) is 5.10 Å². The molecule has 0 saturated heterocycles. The molecule has 0 spiro atoms. The zero-order chi connectivity index (χ0) is 8.39. The van der Waals surface area contributed by atoms with Crippen LogP contribution in [-0.2, 0) is 13.1 Å². The van der Waals surface area contributed by atoms with Crippen LogP contribution in [0.25, 0.3) is 0 Å². The molecule has 1 N–H and O–H groups in total. The third-order valence-corrected chi connectivity index (χ3v) is 1.96. The highest BCUT2D eigenvalue weighted by Gasteiger charge is 2.08. The van der Waals surface area contributed by atoms with Crippen LogP contribution >= 0.6 is 0 Å². The first-order valence-corrected chi connectivity index (χ1v) is 4.22. The topological polar surface area (TPSA) is 42.2 Å². The SMILES string of the molecule is CCCc1ncc2n1CNN=C2. The maximum Gasteiger partial charge on any atom is 0.110 e. The van der Waals surface area contributed by atoms with Crippen molar-refractivity contribution in [1.29, 1.82) is 0 Å². The summed E-state index contributed by atoms with van der Waals surface area (Å²) in [6.45, 7) is 2.91. The van der Waals surface area contributed by atoms with Gasteiger partial charge in [-0.2, -0.15) is 5.10 Å². The van der Waals surface area contributed by atoms with Crippen molar-refractivity contribution in [3.63, 3.8) is 0 Å². The lowest BCUT2D eigenvalue weighted by Gasteiger charge is -2.12. The summed E-state index contributed by atoms with van der Waals surface area (Å²) >= 11 is 0. The molecule has 4 heteroatoms. The summed E-state index contributed by atoms with van der Waals surface area (Å²) < 4.78 is 2.15. The van der Waals surface area contributed by atoms with Crippen molar-refractivity contribution >= 4 is 6.21 Å². The first kappa shape index (κ1) is 7.34. The molecule has 0 aromatic carbocycles. The Labute approximate surface area is 71.3 Å². The van der Waals surface area contributed by atoms with Gasteiger partial charge in [-0.3, -0.25) is 5.43 Å². The number of rotatable bonds is 2. The Morgan fingerprint density at radius 2 is 2.58 bits per heavy atom. The van der Waals surface area contributed by atoms with Gasteiger partial charge in [-0.25, -0.2) is 4.98 Å². The number of aromatic nitrogens is 2. The lowest BCUT2D eigenvalue weighted by Crippen LogP contribution is -2.21. The Morgan fingerprint density at radius 3 is 3.42 bits per heavy atom. The molecule has 0 radical (unpaired) electrons. The summed E-state index contributed by atoms with van der Waals surface area (Å²) in [7, 11) is 0. The quantitative estimate of drug-likeness (QED) is 0.700. The predicted molar refractivity (Wildman–Crippen MR) is 47.0 cm³/mol.